The van der Waals surface area contributed by atoms with E-state index in [1.807, 2.05) is 13.8 Å². The van der Waals surface area contributed by atoms with E-state index in [1.165, 1.54) is 25.6 Å². The van der Waals surface area contributed by atoms with Crippen LogP contribution in [0.25, 0.3) is 5.82 Å². The summed E-state index contributed by atoms with van der Waals surface area (Å²) in [7, 11) is 0. The lowest BCUT2D eigenvalue weighted by Crippen LogP contribution is -2.48. The first-order valence-corrected chi connectivity index (χ1v) is 11.9. The molecule has 1 aromatic carbocycles. The highest BCUT2D eigenvalue weighted by molar-refractivity contribution is 5.95. The van der Waals surface area contributed by atoms with Gasteiger partial charge in [-0.05, 0) is 39.0 Å². The summed E-state index contributed by atoms with van der Waals surface area (Å²) in [6.45, 7) is 5.73. The van der Waals surface area contributed by atoms with E-state index in [2.05, 4.69) is 25.4 Å². The van der Waals surface area contributed by atoms with Gasteiger partial charge in [0.05, 0.1) is 29.4 Å². The van der Waals surface area contributed by atoms with Crippen LogP contribution in [-0.4, -0.2) is 66.7 Å². The number of nitrogens with zero attached hydrogens (tertiary/aromatic N) is 6. The van der Waals surface area contributed by atoms with Crippen molar-refractivity contribution in [3.8, 4) is 5.82 Å². The molecule has 1 aliphatic heterocycles. The van der Waals surface area contributed by atoms with Gasteiger partial charge in [-0.3, -0.25) is 14.6 Å². The number of nitrogens with one attached hydrogen (secondary N) is 1. The van der Waals surface area contributed by atoms with E-state index in [4.69, 9.17) is 4.74 Å². The number of halogens is 6. The Labute approximate surface area is 223 Å². The highest BCUT2D eigenvalue weighted by Gasteiger charge is 2.38. The fraction of sp³-hybridized carbons (Fsp3) is 0.417. The number of morpholine rings is 1. The molecular formula is C24H23F6N7O3. The minimum Gasteiger partial charge on any atom is -0.372 e. The third-order valence-corrected chi connectivity index (χ3v) is 5.92. The average molecular weight is 571 g/mol. The molecule has 1 saturated heterocycles. The zero-order valence-corrected chi connectivity index (χ0v) is 21.3. The van der Waals surface area contributed by atoms with E-state index < -0.39 is 46.9 Å². The Morgan fingerprint density at radius 1 is 0.950 bits per heavy atom. The predicted octanol–water partition coefficient (Wildman–Crippen LogP) is 3.84. The fourth-order valence-corrected chi connectivity index (χ4v) is 4.21. The van der Waals surface area contributed by atoms with Gasteiger partial charge in [0.15, 0.2) is 5.82 Å². The van der Waals surface area contributed by atoms with Crippen molar-refractivity contribution in [1.29, 1.82) is 0 Å². The molecule has 1 fully saturated rings. The zero-order valence-electron chi connectivity index (χ0n) is 21.3. The molecule has 1 unspecified atom stereocenters. The summed E-state index contributed by atoms with van der Waals surface area (Å²) < 4.78 is 86.1. The van der Waals surface area contributed by atoms with Crippen molar-refractivity contribution in [3.63, 3.8) is 0 Å². The van der Waals surface area contributed by atoms with Gasteiger partial charge in [-0.15, -0.1) is 5.10 Å². The predicted molar refractivity (Wildman–Crippen MR) is 125 cm³/mol. The summed E-state index contributed by atoms with van der Waals surface area (Å²) in [6.07, 6.45) is -6.83. The molecule has 2 aromatic heterocycles. The normalized spacial score (nSPS) is 18.9. The van der Waals surface area contributed by atoms with Gasteiger partial charge in [0.25, 0.3) is 11.8 Å². The van der Waals surface area contributed by atoms with Crippen molar-refractivity contribution >= 4 is 11.8 Å². The summed E-state index contributed by atoms with van der Waals surface area (Å²) in [5.41, 5.74) is -4.02. The SMILES string of the molecule is CC(NC(=O)c1cc(C(F)(F)F)cc(C(F)(F)F)c1)c1nccnc1-n1cnc(C(=O)N2C[C@@H](C)O[C@@H](C)C2)n1. The third kappa shape index (κ3) is 6.38. The lowest BCUT2D eigenvalue weighted by atomic mass is 10.0. The topological polar surface area (TPSA) is 115 Å². The second-order valence-corrected chi connectivity index (χ2v) is 9.24. The molecule has 3 heterocycles. The summed E-state index contributed by atoms with van der Waals surface area (Å²) in [6, 6.07) is -0.456. The van der Waals surface area contributed by atoms with Crippen LogP contribution in [0, 0.1) is 0 Å². The number of rotatable bonds is 5. The second-order valence-electron chi connectivity index (χ2n) is 9.24. The summed E-state index contributed by atoms with van der Waals surface area (Å²) in [4.78, 5) is 39.6. The second kappa shape index (κ2) is 10.8. The minimum atomic E-state index is -5.11. The number of carbonyl (C=O) groups is 2. The number of ether oxygens (including phenoxy) is 1. The number of carbonyl (C=O) groups excluding carboxylic acids is 2. The first-order chi connectivity index (χ1) is 18.6. The molecule has 3 aromatic rings. The Hall–Kier alpha value is -4.08. The standard InChI is InChI=1S/C24H23F6N7O3/c1-12-9-36(10-13(2)40-12)22(39)19-33-11-37(35-19)20-18(31-4-5-32-20)14(3)34-21(38)15-6-16(23(25,26)27)8-17(7-15)24(28,29)30/h4-8,11-14H,9-10H2,1-3H3,(H,34,38)/t12-,13+,14?. The molecule has 1 N–H and O–H groups in total. The van der Waals surface area contributed by atoms with E-state index in [9.17, 15) is 35.9 Å². The van der Waals surface area contributed by atoms with Crippen LogP contribution < -0.4 is 5.32 Å². The molecule has 214 valence electrons. The molecule has 3 atom stereocenters. The maximum atomic E-state index is 13.2. The van der Waals surface area contributed by atoms with Crippen molar-refractivity contribution in [1.82, 2.24) is 34.9 Å². The monoisotopic (exact) mass is 571 g/mol. The highest BCUT2D eigenvalue weighted by atomic mass is 19.4. The lowest BCUT2D eigenvalue weighted by molar-refractivity contribution is -0.143. The van der Waals surface area contributed by atoms with Crippen LogP contribution in [0.3, 0.4) is 0 Å². The summed E-state index contributed by atoms with van der Waals surface area (Å²) in [5, 5.41) is 6.52. The van der Waals surface area contributed by atoms with Gasteiger partial charge in [-0.25, -0.2) is 9.97 Å². The first-order valence-electron chi connectivity index (χ1n) is 11.9. The first kappa shape index (κ1) is 28.9. The van der Waals surface area contributed by atoms with Crippen LogP contribution >= 0.6 is 0 Å². The van der Waals surface area contributed by atoms with Crippen molar-refractivity contribution < 1.29 is 40.7 Å². The van der Waals surface area contributed by atoms with Crippen LogP contribution in [0.2, 0.25) is 0 Å². The van der Waals surface area contributed by atoms with Crippen molar-refractivity contribution in [2.75, 3.05) is 13.1 Å². The van der Waals surface area contributed by atoms with Gasteiger partial charge < -0.3 is 15.0 Å². The largest absolute Gasteiger partial charge is 0.416 e. The van der Waals surface area contributed by atoms with Crippen LogP contribution in [0.15, 0.2) is 36.9 Å². The molecule has 16 heteroatoms. The number of hydrogen-bond acceptors (Lipinski definition) is 7. The number of aromatic nitrogens is 5. The molecule has 10 nitrogen and oxygen atoms in total. The maximum absolute atomic E-state index is 13.2. The zero-order chi connectivity index (χ0) is 29.4. The third-order valence-electron chi connectivity index (χ3n) is 5.92. The smallest absolute Gasteiger partial charge is 0.372 e. The average Bonchev–Trinajstić information content (AvgIpc) is 3.36. The Morgan fingerprint density at radius 2 is 1.52 bits per heavy atom. The molecule has 0 saturated carbocycles. The maximum Gasteiger partial charge on any atom is 0.416 e. The van der Waals surface area contributed by atoms with Crippen molar-refractivity contribution in [3.05, 3.63) is 65.1 Å². The number of alkyl halides is 6. The van der Waals surface area contributed by atoms with E-state index >= 15 is 0 Å². The van der Waals surface area contributed by atoms with Gasteiger partial charge in [0.1, 0.15) is 12.0 Å². The number of hydrogen-bond donors (Lipinski definition) is 1. The van der Waals surface area contributed by atoms with Gasteiger partial charge >= 0.3 is 12.4 Å². The molecule has 2 amide bonds. The van der Waals surface area contributed by atoms with Gasteiger partial charge in [0, 0.05) is 31.0 Å². The van der Waals surface area contributed by atoms with E-state index in [1.54, 1.807) is 4.90 Å². The van der Waals surface area contributed by atoms with E-state index in [0.717, 1.165) is 4.68 Å². The molecule has 4 rings (SSSR count). The quantitative estimate of drug-likeness (QED) is 0.463. The number of amides is 2. The molecule has 0 aliphatic carbocycles. The van der Waals surface area contributed by atoms with Gasteiger partial charge in [-0.1, -0.05) is 0 Å². The molecule has 0 bridgehead atoms. The van der Waals surface area contributed by atoms with E-state index in [-0.39, 0.29) is 35.6 Å². The van der Waals surface area contributed by atoms with Crippen molar-refractivity contribution in [2.45, 2.75) is 51.4 Å². The lowest BCUT2D eigenvalue weighted by Gasteiger charge is -2.34. The van der Waals surface area contributed by atoms with Crippen LogP contribution in [-0.2, 0) is 17.1 Å². The molecule has 1 aliphatic rings. The molecular weight excluding hydrogens is 548 g/mol. The van der Waals surface area contributed by atoms with Crippen LogP contribution in [0.4, 0.5) is 26.3 Å². The van der Waals surface area contributed by atoms with Gasteiger partial charge in [0.2, 0.25) is 5.82 Å². The minimum absolute atomic E-state index is 0.0330. The highest BCUT2D eigenvalue weighted by Crippen LogP contribution is 2.36. The summed E-state index contributed by atoms with van der Waals surface area (Å²) in [5.74, 6) is -1.76. The van der Waals surface area contributed by atoms with Gasteiger partial charge in [-0.2, -0.15) is 31.0 Å². The number of benzene rings is 1. The summed E-state index contributed by atoms with van der Waals surface area (Å²) >= 11 is 0. The molecule has 40 heavy (non-hydrogen) atoms. The van der Waals surface area contributed by atoms with Crippen LogP contribution in [0.1, 0.15) is 64.6 Å². The Morgan fingerprint density at radius 3 is 2.10 bits per heavy atom. The van der Waals surface area contributed by atoms with Crippen LogP contribution in [0.5, 0.6) is 0 Å². The Bertz CT molecular complexity index is 1370. The fourth-order valence-electron chi connectivity index (χ4n) is 4.21. The Balaban J connectivity index is 1.58. The van der Waals surface area contributed by atoms with Crippen molar-refractivity contribution in [2.24, 2.45) is 0 Å². The molecule has 0 spiro atoms. The van der Waals surface area contributed by atoms with E-state index in [0.29, 0.717) is 25.2 Å². The molecule has 0 radical (unpaired) electrons. The Kier molecular flexibility index (Phi) is 7.83.